The molecule has 0 radical (unpaired) electrons. The van der Waals surface area contributed by atoms with Gasteiger partial charge in [0.2, 0.25) is 0 Å². The van der Waals surface area contributed by atoms with E-state index in [1.165, 1.54) is 19.3 Å². The summed E-state index contributed by atoms with van der Waals surface area (Å²) in [5.74, 6) is 2.69. The Hall–Kier alpha value is -3.00. The van der Waals surface area contributed by atoms with E-state index < -0.39 is 0 Å². The molecule has 1 N–H and O–H groups in total. The molecule has 0 atom stereocenters. The van der Waals surface area contributed by atoms with Gasteiger partial charge < -0.3 is 24.6 Å². The lowest BCUT2D eigenvalue weighted by Gasteiger charge is -2.35. The average molecular weight is 454 g/mol. The maximum absolute atomic E-state index is 12.8. The number of hydrogen-bond acceptors (Lipinski definition) is 6. The Morgan fingerprint density at radius 2 is 1.76 bits per heavy atom. The first-order valence-corrected chi connectivity index (χ1v) is 11.8. The van der Waals surface area contributed by atoms with Crippen LogP contribution < -0.4 is 19.7 Å². The van der Waals surface area contributed by atoms with Crippen molar-refractivity contribution >= 4 is 11.8 Å². The van der Waals surface area contributed by atoms with Gasteiger partial charge in [-0.1, -0.05) is 6.07 Å². The molecular weight excluding hydrogens is 418 g/mol. The van der Waals surface area contributed by atoms with E-state index in [0.29, 0.717) is 19.6 Å². The summed E-state index contributed by atoms with van der Waals surface area (Å²) in [6.07, 6.45) is 5.53. The zero-order chi connectivity index (χ0) is 23.0. The number of carbonyl (C=O) groups is 1. The zero-order valence-corrected chi connectivity index (χ0v) is 19.8. The van der Waals surface area contributed by atoms with Crippen molar-refractivity contribution in [2.24, 2.45) is 0 Å². The predicted molar refractivity (Wildman–Crippen MR) is 129 cm³/mol. The lowest BCUT2D eigenvalue weighted by atomic mass is 10.1. The summed E-state index contributed by atoms with van der Waals surface area (Å²) in [6, 6.07) is 9.86. The van der Waals surface area contributed by atoms with Gasteiger partial charge in [0.1, 0.15) is 17.3 Å². The fourth-order valence-electron chi connectivity index (χ4n) is 4.60. The van der Waals surface area contributed by atoms with E-state index in [1.54, 1.807) is 14.2 Å². The van der Waals surface area contributed by atoms with E-state index >= 15 is 0 Å². The molecule has 178 valence electrons. The number of nitrogens with zero attached hydrogens (tertiary/aromatic N) is 4. The van der Waals surface area contributed by atoms with Gasteiger partial charge in [-0.3, -0.25) is 4.90 Å². The monoisotopic (exact) mass is 453 g/mol. The molecule has 2 saturated heterocycles. The first kappa shape index (κ1) is 23.2. The Morgan fingerprint density at radius 3 is 2.48 bits per heavy atom. The Balaban J connectivity index is 1.28. The second-order valence-corrected chi connectivity index (χ2v) is 8.63. The van der Waals surface area contributed by atoms with Gasteiger partial charge in [-0.2, -0.15) is 0 Å². The van der Waals surface area contributed by atoms with E-state index in [9.17, 15) is 4.79 Å². The van der Waals surface area contributed by atoms with E-state index in [4.69, 9.17) is 9.47 Å². The van der Waals surface area contributed by atoms with Crippen molar-refractivity contribution in [2.45, 2.75) is 32.4 Å². The molecule has 33 heavy (non-hydrogen) atoms. The van der Waals surface area contributed by atoms with Crippen molar-refractivity contribution in [3.8, 4) is 11.5 Å². The second kappa shape index (κ2) is 11.2. The molecule has 2 aliphatic rings. The Labute approximate surface area is 196 Å². The van der Waals surface area contributed by atoms with Crippen LogP contribution in [0.5, 0.6) is 11.5 Å². The summed E-state index contributed by atoms with van der Waals surface area (Å²) >= 11 is 0. The second-order valence-electron chi connectivity index (χ2n) is 8.63. The highest BCUT2D eigenvalue weighted by molar-refractivity contribution is 5.74. The minimum absolute atomic E-state index is 0.0120. The van der Waals surface area contributed by atoms with Crippen molar-refractivity contribution in [1.82, 2.24) is 20.1 Å². The molecule has 1 aromatic carbocycles. The van der Waals surface area contributed by atoms with Crippen LogP contribution >= 0.6 is 0 Å². The van der Waals surface area contributed by atoms with E-state index in [0.717, 1.165) is 61.2 Å². The van der Waals surface area contributed by atoms with Crippen molar-refractivity contribution in [1.29, 1.82) is 0 Å². The smallest absolute Gasteiger partial charge is 0.317 e. The van der Waals surface area contributed by atoms with Gasteiger partial charge in [-0.05, 0) is 43.5 Å². The number of piperidine rings is 1. The SMILES string of the molecule is COc1ccc(OC)c(CN2CCN(C(=O)NCc3cccnc3N3CCCCC3)CC2)c1. The molecule has 0 spiro atoms. The number of anilines is 1. The number of hydrogen-bond donors (Lipinski definition) is 1. The van der Waals surface area contributed by atoms with Crippen LogP contribution in [0.4, 0.5) is 10.6 Å². The van der Waals surface area contributed by atoms with Gasteiger partial charge in [0.25, 0.3) is 0 Å². The van der Waals surface area contributed by atoms with Gasteiger partial charge in [-0.15, -0.1) is 0 Å². The fraction of sp³-hybridized carbons (Fsp3) is 0.520. The number of urea groups is 1. The van der Waals surface area contributed by atoms with Crippen molar-refractivity contribution in [2.75, 3.05) is 58.4 Å². The van der Waals surface area contributed by atoms with Gasteiger partial charge in [0.15, 0.2) is 0 Å². The number of pyridine rings is 1. The van der Waals surface area contributed by atoms with Gasteiger partial charge in [0.05, 0.1) is 14.2 Å². The van der Waals surface area contributed by atoms with Gasteiger partial charge >= 0.3 is 6.03 Å². The zero-order valence-electron chi connectivity index (χ0n) is 19.8. The molecule has 3 heterocycles. The lowest BCUT2D eigenvalue weighted by Crippen LogP contribution is -2.51. The van der Waals surface area contributed by atoms with Crippen LogP contribution in [-0.4, -0.2) is 74.3 Å². The molecule has 8 nitrogen and oxygen atoms in total. The minimum Gasteiger partial charge on any atom is -0.497 e. The van der Waals surface area contributed by atoms with Gasteiger partial charge in [0, 0.05) is 69.7 Å². The molecular formula is C25H35N5O3. The summed E-state index contributed by atoms with van der Waals surface area (Å²) in [7, 11) is 3.36. The highest BCUT2D eigenvalue weighted by Gasteiger charge is 2.23. The summed E-state index contributed by atoms with van der Waals surface area (Å²) < 4.78 is 10.9. The van der Waals surface area contributed by atoms with Crippen LogP contribution in [0.3, 0.4) is 0 Å². The Morgan fingerprint density at radius 1 is 0.970 bits per heavy atom. The van der Waals surface area contributed by atoms with Gasteiger partial charge in [-0.25, -0.2) is 9.78 Å². The number of carbonyl (C=O) groups excluding carboxylic acids is 1. The minimum atomic E-state index is -0.0120. The summed E-state index contributed by atoms with van der Waals surface area (Å²) in [4.78, 5) is 24.0. The van der Waals surface area contributed by atoms with Crippen molar-refractivity contribution < 1.29 is 14.3 Å². The molecule has 1 aromatic heterocycles. The van der Waals surface area contributed by atoms with E-state index in [-0.39, 0.29) is 6.03 Å². The maximum Gasteiger partial charge on any atom is 0.317 e. The van der Waals surface area contributed by atoms with Crippen molar-refractivity contribution in [3.63, 3.8) is 0 Å². The lowest BCUT2D eigenvalue weighted by molar-refractivity contribution is 0.134. The topological polar surface area (TPSA) is 70.2 Å². The molecule has 4 rings (SSSR count). The van der Waals surface area contributed by atoms with Crippen LogP contribution in [0.25, 0.3) is 0 Å². The third kappa shape index (κ3) is 5.87. The highest BCUT2D eigenvalue weighted by Crippen LogP contribution is 2.26. The molecule has 8 heteroatoms. The van der Waals surface area contributed by atoms with Crippen LogP contribution in [0.15, 0.2) is 36.5 Å². The largest absolute Gasteiger partial charge is 0.497 e. The van der Waals surface area contributed by atoms with Crippen LogP contribution in [0.2, 0.25) is 0 Å². The normalized spacial score (nSPS) is 17.0. The molecule has 2 aromatic rings. The number of nitrogens with one attached hydrogen (secondary N) is 1. The number of benzene rings is 1. The number of amides is 2. The van der Waals surface area contributed by atoms with Crippen LogP contribution in [0, 0.1) is 0 Å². The molecule has 0 saturated carbocycles. The molecule has 2 aliphatic heterocycles. The average Bonchev–Trinajstić information content (AvgIpc) is 2.88. The number of piperazine rings is 1. The first-order chi connectivity index (χ1) is 16.2. The molecule has 2 amide bonds. The first-order valence-electron chi connectivity index (χ1n) is 11.8. The third-order valence-corrected chi connectivity index (χ3v) is 6.49. The quantitative estimate of drug-likeness (QED) is 0.695. The standard InChI is InChI=1S/C25H35N5O3/c1-32-22-8-9-23(33-2)21(17-22)19-28-13-15-30(16-14-28)25(31)27-18-20-7-6-10-26-24(20)29-11-4-3-5-12-29/h6-10,17H,3-5,11-16,18-19H2,1-2H3,(H,27,31). The number of ether oxygens (including phenoxy) is 2. The van der Waals surface area contributed by atoms with E-state index in [1.807, 2.05) is 35.4 Å². The molecule has 0 unspecified atom stereocenters. The predicted octanol–water partition coefficient (Wildman–Crippen LogP) is 3.12. The summed E-state index contributed by atoms with van der Waals surface area (Å²) in [5, 5.41) is 3.11. The number of aromatic nitrogens is 1. The summed E-state index contributed by atoms with van der Waals surface area (Å²) in [6.45, 7) is 6.38. The third-order valence-electron chi connectivity index (χ3n) is 6.49. The number of methoxy groups -OCH3 is 2. The Kier molecular flexibility index (Phi) is 7.88. The number of rotatable bonds is 7. The molecule has 0 aliphatic carbocycles. The molecule has 0 bridgehead atoms. The fourth-order valence-corrected chi connectivity index (χ4v) is 4.60. The van der Waals surface area contributed by atoms with Crippen LogP contribution in [-0.2, 0) is 13.1 Å². The highest BCUT2D eigenvalue weighted by atomic mass is 16.5. The van der Waals surface area contributed by atoms with E-state index in [2.05, 4.69) is 26.2 Å². The maximum atomic E-state index is 12.8. The summed E-state index contributed by atoms with van der Waals surface area (Å²) in [5.41, 5.74) is 2.17. The molecule has 2 fully saturated rings. The van der Waals surface area contributed by atoms with Crippen LogP contribution in [0.1, 0.15) is 30.4 Å². The van der Waals surface area contributed by atoms with Crippen molar-refractivity contribution in [3.05, 3.63) is 47.7 Å². The Bertz CT molecular complexity index is 924.